The van der Waals surface area contributed by atoms with E-state index in [1.165, 1.54) is 0 Å². The predicted octanol–water partition coefficient (Wildman–Crippen LogP) is 2.77. The summed E-state index contributed by atoms with van der Waals surface area (Å²) in [5.74, 6) is 0.574. The SMILES string of the molecule is CCOc1ccccc1NC(=O)CN1C(=S)NC(C)(C)C[C@H]1C. The van der Waals surface area contributed by atoms with E-state index in [0.717, 1.165) is 6.42 Å². The first kappa shape index (κ1) is 17.5. The molecule has 2 rings (SSSR count). The minimum Gasteiger partial charge on any atom is -0.492 e. The number of carbonyl (C=O) groups is 1. The topological polar surface area (TPSA) is 53.6 Å². The third kappa shape index (κ3) is 4.58. The highest BCUT2D eigenvalue weighted by molar-refractivity contribution is 7.80. The van der Waals surface area contributed by atoms with Crippen molar-refractivity contribution in [3.05, 3.63) is 24.3 Å². The summed E-state index contributed by atoms with van der Waals surface area (Å²) in [5, 5.41) is 6.83. The molecule has 1 aromatic rings. The van der Waals surface area contributed by atoms with Gasteiger partial charge in [-0.05, 0) is 58.5 Å². The third-order valence-electron chi connectivity index (χ3n) is 3.82. The zero-order chi connectivity index (χ0) is 17.0. The van der Waals surface area contributed by atoms with Crippen molar-refractivity contribution in [3.63, 3.8) is 0 Å². The lowest BCUT2D eigenvalue weighted by Crippen LogP contribution is -2.61. The molecular weight excluding hydrogens is 310 g/mol. The molecule has 1 atom stereocenters. The lowest BCUT2D eigenvalue weighted by molar-refractivity contribution is -0.117. The highest BCUT2D eigenvalue weighted by atomic mass is 32.1. The van der Waals surface area contributed by atoms with Gasteiger partial charge in [0.25, 0.3) is 0 Å². The number of benzene rings is 1. The number of para-hydroxylation sites is 2. The summed E-state index contributed by atoms with van der Waals surface area (Å²) < 4.78 is 5.53. The minimum atomic E-state index is -0.104. The first-order chi connectivity index (χ1) is 10.8. The molecule has 0 saturated carbocycles. The number of hydrogen-bond donors (Lipinski definition) is 2. The standard InChI is InChI=1S/C17H25N3O2S/c1-5-22-14-9-7-6-8-13(14)18-15(21)11-20-12(2)10-17(3,4)19-16(20)23/h6-9,12H,5,10-11H2,1-4H3,(H,18,21)(H,19,23)/t12-/m1/s1. The van der Waals surface area contributed by atoms with E-state index in [2.05, 4.69) is 31.4 Å². The highest BCUT2D eigenvalue weighted by Gasteiger charge is 2.33. The lowest BCUT2D eigenvalue weighted by Gasteiger charge is -2.44. The van der Waals surface area contributed by atoms with Crippen molar-refractivity contribution in [2.45, 2.75) is 45.7 Å². The Kier molecular flexibility index (Phi) is 5.46. The maximum atomic E-state index is 12.4. The number of nitrogens with one attached hydrogen (secondary N) is 2. The predicted molar refractivity (Wildman–Crippen MR) is 96.8 cm³/mol. The van der Waals surface area contributed by atoms with Gasteiger partial charge >= 0.3 is 0 Å². The van der Waals surface area contributed by atoms with Gasteiger partial charge in [-0.25, -0.2) is 0 Å². The zero-order valence-corrected chi connectivity index (χ0v) is 15.0. The van der Waals surface area contributed by atoms with Crippen LogP contribution in [0.5, 0.6) is 5.75 Å². The molecule has 1 aliphatic rings. The molecule has 23 heavy (non-hydrogen) atoms. The van der Waals surface area contributed by atoms with Crippen LogP contribution in [-0.2, 0) is 4.79 Å². The summed E-state index contributed by atoms with van der Waals surface area (Å²) >= 11 is 5.41. The first-order valence-corrected chi connectivity index (χ1v) is 8.33. The molecule has 2 N–H and O–H groups in total. The van der Waals surface area contributed by atoms with Crippen molar-refractivity contribution < 1.29 is 9.53 Å². The van der Waals surface area contributed by atoms with Crippen LogP contribution in [0.2, 0.25) is 0 Å². The Morgan fingerprint density at radius 2 is 2.17 bits per heavy atom. The number of carbonyl (C=O) groups excluding carboxylic acids is 1. The molecule has 0 spiro atoms. The summed E-state index contributed by atoms with van der Waals surface area (Å²) in [6.45, 7) is 9.02. The van der Waals surface area contributed by atoms with Gasteiger partial charge in [0.05, 0.1) is 18.8 Å². The van der Waals surface area contributed by atoms with Crippen LogP contribution in [0.1, 0.15) is 34.1 Å². The summed E-state index contributed by atoms with van der Waals surface area (Å²) in [4.78, 5) is 14.3. The average molecular weight is 335 g/mol. The molecule has 0 aliphatic carbocycles. The molecule has 1 aromatic carbocycles. The molecule has 1 amide bonds. The van der Waals surface area contributed by atoms with Gasteiger partial charge in [0.15, 0.2) is 5.11 Å². The second-order valence-corrected chi connectivity index (χ2v) is 6.86. The quantitative estimate of drug-likeness (QED) is 0.811. The van der Waals surface area contributed by atoms with Crippen molar-refractivity contribution in [2.24, 2.45) is 0 Å². The summed E-state index contributed by atoms with van der Waals surface area (Å²) in [6.07, 6.45) is 0.927. The number of rotatable bonds is 5. The number of ether oxygens (including phenoxy) is 1. The molecule has 1 heterocycles. The summed E-state index contributed by atoms with van der Waals surface area (Å²) in [5.41, 5.74) is 0.647. The van der Waals surface area contributed by atoms with Gasteiger partial charge in [-0.1, -0.05) is 12.1 Å². The molecule has 0 aromatic heterocycles. The van der Waals surface area contributed by atoms with Crippen LogP contribution >= 0.6 is 12.2 Å². The van der Waals surface area contributed by atoms with E-state index in [9.17, 15) is 4.79 Å². The maximum Gasteiger partial charge on any atom is 0.244 e. The maximum absolute atomic E-state index is 12.4. The van der Waals surface area contributed by atoms with Crippen molar-refractivity contribution in [2.75, 3.05) is 18.5 Å². The molecule has 6 heteroatoms. The van der Waals surface area contributed by atoms with Crippen LogP contribution in [0, 0.1) is 0 Å². The van der Waals surface area contributed by atoms with E-state index in [4.69, 9.17) is 17.0 Å². The highest BCUT2D eigenvalue weighted by Crippen LogP contribution is 2.25. The van der Waals surface area contributed by atoms with Crippen LogP contribution in [0.25, 0.3) is 0 Å². The van der Waals surface area contributed by atoms with Gasteiger partial charge in [0.1, 0.15) is 5.75 Å². The molecule has 1 fully saturated rings. The Labute approximate surface area is 143 Å². The number of nitrogens with zero attached hydrogens (tertiary/aromatic N) is 1. The number of hydrogen-bond acceptors (Lipinski definition) is 3. The molecule has 0 unspecified atom stereocenters. The second-order valence-electron chi connectivity index (χ2n) is 6.47. The molecule has 1 aliphatic heterocycles. The van der Waals surface area contributed by atoms with Gasteiger partial charge in [-0.3, -0.25) is 4.79 Å². The van der Waals surface area contributed by atoms with Gasteiger partial charge in [0.2, 0.25) is 5.91 Å². The van der Waals surface area contributed by atoms with E-state index in [1.54, 1.807) is 0 Å². The molecule has 5 nitrogen and oxygen atoms in total. The lowest BCUT2D eigenvalue weighted by atomic mass is 9.93. The van der Waals surface area contributed by atoms with Crippen LogP contribution < -0.4 is 15.4 Å². The Balaban J connectivity index is 2.01. The fourth-order valence-electron chi connectivity index (χ4n) is 2.88. The number of anilines is 1. The molecule has 1 saturated heterocycles. The zero-order valence-electron chi connectivity index (χ0n) is 14.2. The summed E-state index contributed by atoms with van der Waals surface area (Å²) in [7, 11) is 0. The molecular formula is C17H25N3O2S. The Morgan fingerprint density at radius 1 is 1.48 bits per heavy atom. The van der Waals surface area contributed by atoms with Crippen LogP contribution in [0.3, 0.4) is 0 Å². The Hall–Kier alpha value is -1.82. The normalized spacial score (nSPS) is 19.9. The Morgan fingerprint density at radius 3 is 2.83 bits per heavy atom. The van der Waals surface area contributed by atoms with E-state index in [0.29, 0.717) is 23.2 Å². The van der Waals surface area contributed by atoms with Crippen molar-refractivity contribution >= 4 is 28.9 Å². The van der Waals surface area contributed by atoms with Gasteiger partial charge in [0, 0.05) is 11.6 Å². The molecule has 0 radical (unpaired) electrons. The fraction of sp³-hybridized carbons (Fsp3) is 0.529. The monoisotopic (exact) mass is 335 g/mol. The second kappa shape index (κ2) is 7.17. The average Bonchev–Trinajstić information content (AvgIpc) is 2.44. The van der Waals surface area contributed by atoms with Crippen LogP contribution in [-0.4, -0.2) is 40.7 Å². The molecule has 0 bridgehead atoms. The van der Waals surface area contributed by atoms with Gasteiger partial charge < -0.3 is 20.3 Å². The number of amides is 1. The summed E-state index contributed by atoms with van der Waals surface area (Å²) in [6, 6.07) is 7.65. The van der Waals surface area contributed by atoms with Gasteiger partial charge in [-0.2, -0.15) is 0 Å². The fourth-order valence-corrected chi connectivity index (χ4v) is 3.41. The van der Waals surface area contributed by atoms with Crippen LogP contribution in [0.4, 0.5) is 5.69 Å². The van der Waals surface area contributed by atoms with Crippen molar-refractivity contribution in [1.82, 2.24) is 10.2 Å². The minimum absolute atomic E-state index is 0.0367. The van der Waals surface area contributed by atoms with Crippen molar-refractivity contribution in [3.8, 4) is 5.75 Å². The van der Waals surface area contributed by atoms with Crippen LogP contribution in [0.15, 0.2) is 24.3 Å². The van der Waals surface area contributed by atoms with E-state index >= 15 is 0 Å². The Bertz CT molecular complexity index is 589. The van der Waals surface area contributed by atoms with Gasteiger partial charge in [-0.15, -0.1) is 0 Å². The van der Waals surface area contributed by atoms with E-state index in [1.807, 2.05) is 36.1 Å². The van der Waals surface area contributed by atoms with E-state index in [-0.39, 0.29) is 24.0 Å². The van der Waals surface area contributed by atoms with E-state index < -0.39 is 0 Å². The number of thiocarbonyl (C=S) groups is 1. The van der Waals surface area contributed by atoms with Crippen molar-refractivity contribution in [1.29, 1.82) is 0 Å². The first-order valence-electron chi connectivity index (χ1n) is 7.93. The smallest absolute Gasteiger partial charge is 0.244 e. The largest absolute Gasteiger partial charge is 0.492 e. The molecule has 126 valence electrons. The third-order valence-corrected chi connectivity index (χ3v) is 4.16.